The minimum absolute atomic E-state index is 0. The average Bonchev–Trinajstić information content (AvgIpc) is 2.86. The van der Waals surface area contributed by atoms with Gasteiger partial charge in [-0.3, -0.25) is 9.69 Å². The molecular formula is C25H34Cl3N9OS. The lowest BCUT2D eigenvalue weighted by Crippen LogP contribution is -2.41. The Morgan fingerprint density at radius 3 is 1.97 bits per heavy atom. The fourth-order valence-electron chi connectivity index (χ4n) is 3.97. The molecular weight excluding hydrogens is 581 g/mol. The first kappa shape index (κ1) is 34.1. The van der Waals surface area contributed by atoms with Gasteiger partial charge in [-0.2, -0.15) is 4.99 Å². The van der Waals surface area contributed by atoms with E-state index < -0.39 is 11.9 Å². The molecule has 1 unspecified atom stereocenters. The van der Waals surface area contributed by atoms with Gasteiger partial charge in [-0.25, -0.2) is 9.97 Å². The summed E-state index contributed by atoms with van der Waals surface area (Å²) in [6, 6.07) is 18.0. The summed E-state index contributed by atoms with van der Waals surface area (Å²) >= 11 is 7.43. The van der Waals surface area contributed by atoms with Crippen molar-refractivity contribution in [1.29, 1.82) is 0 Å². The topological polar surface area (TPSA) is 166 Å². The molecule has 2 aromatic carbocycles. The largest absolute Gasteiger partial charge is 0.382 e. The standard InChI is InChI=1S/C19H24N2S.C6H8ClN7O.2ClH/c1-4-20(5-2)15(3)14-21-16-10-6-8-12-18(16)22-19-13-9-7-11-17(19)21;7-2-4(9)13-3(8)1(12-2)5(15)14-6(10)11;;/h6-13,15H,4-5,14H2,1-3H3;(H4,8,9,13)(H4,10,11,14,15);2*1H. The van der Waals surface area contributed by atoms with Crippen molar-refractivity contribution in [2.45, 2.75) is 36.6 Å². The molecule has 0 radical (unpaired) electrons. The van der Waals surface area contributed by atoms with Gasteiger partial charge in [0.2, 0.25) is 0 Å². The Morgan fingerprint density at radius 1 is 0.974 bits per heavy atom. The molecule has 0 fully saturated rings. The summed E-state index contributed by atoms with van der Waals surface area (Å²) in [5.74, 6) is -1.50. The van der Waals surface area contributed by atoms with Crippen molar-refractivity contribution >= 4 is 83.1 Å². The molecule has 1 amide bonds. The van der Waals surface area contributed by atoms with Crippen LogP contribution in [0.5, 0.6) is 0 Å². The van der Waals surface area contributed by atoms with Gasteiger partial charge in [-0.15, -0.1) is 24.8 Å². The molecule has 8 N–H and O–H groups in total. The second kappa shape index (κ2) is 15.6. The summed E-state index contributed by atoms with van der Waals surface area (Å²) < 4.78 is 0. The highest BCUT2D eigenvalue weighted by Crippen LogP contribution is 2.47. The molecule has 212 valence electrons. The normalized spacial score (nSPS) is 12.0. The molecule has 14 heteroatoms. The zero-order chi connectivity index (χ0) is 27.1. The fraction of sp³-hybridized carbons (Fsp3) is 0.280. The Bertz CT molecular complexity index is 1240. The van der Waals surface area contributed by atoms with Crippen molar-refractivity contribution in [1.82, 2.24) is 14.9 Å². The number of hydrogen-bond acceptors (Lipinski definition) is 8. The van der Waals surface area contributed by atoms with Crippen molar-refractivity contribution < 1.29 is 4.79 Å². The van der Waals surface area contributed by atoms with E-state index in [1.54, 1.807) is 0 Å². The number of nitrogen functional groups attached to an aromatic ring is 2. The third kappa shape index (κ3) is 8.51. The lowest BCUT2D eigenvalue weighted by Gasteiger charge is -2.37. The zero-order valence-electron chi connectivity index (χ0n) is 21.9. The van der Waals surface area contributed by atoms with Crippen LogP contribution in [0.3, 0.4) is 0 Å². The van der Waals surface area contributed by atoms with Gasteiger partial charge in [-0.05, 0) is 44.3 Å². The highest BCUT2D eigenvalue weighted by atomic mass is 35.5. The second-order valence-corrected chi connectivity index (χ2v) is 9.64. The Labute approximate surface area is 250 Å². The van der Waals surface area contributed by atoms with E-state index in [2.05, 4.69) is 94.1 Å². The highest BCUT2D eigenvalue weighted by molar-refractivity contribution is 7.99. The molecule has 3 aromatic rings. The summed E-state index contributed by atoms with van der Waals surface area (Å²) in [6.45, 7) is 10.0. The van der Waals surface area contributed by atoms with Crippen LogP contribution >= 0.6 is 48.2 Å². The molecule has 1 aliphatic heterocycles. The molecule has 4 rings (SSSR count). The minimum atomic E-state index is -0.832. The van der Waals surface area contributed by atoms with Crippen LogP contribution in [0.4, 0.5) is 23.0 Å². The molecule has 2 heterocycles. The molecule has 0 saturated heterocycles. The van der Waals surface area contributed by atoms with E-state index >= 15 is 0 Å². The first-order chi connectivity index (χ1) is 17.7. The summed E-state index contributed by atoms with van der Waals surface area (Å²) in [7, 11) is 0. The van der Waals surface area contributed by atoms with Gasteiger partial charge in [0.05, 0.1) is 11.4 Å². The number of carbonyl (C=O) groups excluding carboxylic acids is 1. The monoisotopic (exact) mass is 613 g/mol. The van der Waals surface area contributed by atoms with E-state index in [9.17, 15) is 4.79 Å². The van der Waals surface area contributed by atoms with Crippen LogP contribution < -0.4 is 27.8 Å². The smallest absolute Gasteiger partial charge is 0.302 e. The number of nitrogens with zero attached hydrogens (tertiary/aromatic N) is 5. The van der Waals surface area contributed by atoms with E-state index in [0.29, 0.717) is 6.04 Å². The number of carbonyl (C=O) groups is 1. The number of guanidine groups is 1. The van der Waals surface area contributed by atoms with Crippen molar-refractivity contribution in [3.63, 3.8) is 0 Å². The molecule has 39 heavy (non-hydrogen) atoms. The minimum Gasteiger partial charge on any atom is -0.382 e. The molecule has 0 bridgehead atoms. The number of hydrogen-bond donors (Lipinski definition) is 4. The van der Waals surface area contributed by atoms with Gasteiger partial charge in [-0.1, -0.05) is 61.5 Å². The van der Waals surface area contributed by atoms with E-state index in [4.69, 9.17) is 34.5 Å². The first-order valence-electron chi connectivity index (χ1n) is 11.8. The SMILES string of the molecule is CCN(CC)C(C)CN1c2ccccc2Sc2ccccc21.Cl.Cl.NC(N)=NC(=O)c1nc(Cl)c(N)nc1N. The molecule has 0 aliphatic carbocycles. The van der Waals surface area contributed by atoms with Crippen LogP contribution in [0.1, 0.15) is 31.3 Å². The predicted octanol–water partition coefficient (Wildman–Crippen LogP) is 4.57. The molecule has 0 spiro atoms. The van der Waals surface area contributed by atoms with E-state index in [1.807, 2.05) is 11.8 Å². The number of fused-ring (bicyclic) bond motifs is 2. The van der Waals surface area contributed by atoms with Gasteiger partial charge in [0.25, 0.3) is 0 Å². The maximum absolute atomic E-state index is 11.3. The number of nitrogens with two attached hydrogens (primary N) is 4. The molecule has 1 aliphatic rings. The zero-order valence-corrected chi connectivity index (χ0v) is 25.1. The van der Waals surface area contributed by atoms with Crippen LogP contribution in [0, 0.1) is 0 Å². The third-order valence-corrected chi connectivity index (χ3v) is 7.16. The highest BCUT2D eigenvalue weighted by Gasteiger charge is 2.25. The quantitative estimate of drug-likeness (QED) is 0.228. The molecule has 10 nitrogen and oxygen atoms in total. The van der Waals surface area contributed by atoms with Gasteiger partial charge < -0.3 is 27.8 Å². The first-order valence-corrected chi connectivity index (χ1v) is 13.0. The number of aliphatic imine (C=N–C) groups is 1. The van der Waals surface area contributed by atoms with Crippen molar-refractivity contribution in [2.75, 3.05) is 36.0 Å². The second-order valence-electron chi connectivity index (χ2n) is 8.19. The van der Waals surface area contributed by atoms with E-state index in [-0.39, 0.29) is 47.3 Å². The summed E-state index contributed by atoms with van der Waals surface area (Å²) in [5.41, 5.74) is 23.1. The van der Waals surface area contributed by atoms with Gasteiger partial charge >= 0.3 is 5.91 Å². The van der Waals surface area contributed by atoms with Gasteiger partial charge in [0.15, 0.2) is 28.4 Å². The van der Waals surface area contributed by atoms with Crippen LogP contribution in [-0.4, -0.2) is 52.4 Å². The Kier molecular flexibility index (Phi) is 13.6. The van der Waals surface area contributed by atoms with Crippen LogP contribution in [0.2, 0.25) is 5.15 Å². The Hall–Kier alpha value is -2.96. The fourth-order valence-corrected chi connectivity index (χ4v) is 5.20. The Morgan fingerprint density at radius 2 is 1.49 bits per heavy atom. The van der Waals surface area contributed by atoms with Crippen molar-refractivity contribution in [3.8, 4) is 0 Å². The van der Waals surface area contributed by atoms with Gasteiger partial charge in [0.1, 0.15) is 0 Å². The number of halogens is 3. The number of anilines is 4. The van der Waals surface area contributed by atoms with Crippen molar-refractivity contribution in [2.24, 2.45) is 16.5 Å². The van der Waals surface area contributed by atoms with Crippen molar-refractivity contribution in [3.05, 3.63) is 59.4 Å². The lowest BCUT2D eigenvalue weighted by molar-refractivity contribution is 0.0998. The third-order valence-electron chi connectivity index (χ3n) is 5.75. The lowest BCUT2D eigenvalue weighted by atomic mass is 10.1. The number of likely N-dealkylation sites (N-methyl/N-ethyl adjacent to an activating group) is 1. The van der Waals surface area contributed by atoms with Crippen LogP contribution in [-0.2, 0) is 0 Å². The predicted molar refractivity (Wildman–Crippen MR) is 167 cm³/mol. The summed E-state index contributed by atoms with van der Waals surface area (Å²) in [5, 5.41) is -0.140. The number of rotatable bonds is 6. The van der Waals surface area contributed by atoms with Crippen LogP contribution in [0.25, 0.3) is 0 Å². The number of para-hydroxylation sites is 2. The average molecular weight is 615 g/mol. The number of amides is 1. The number of benzene rings is 2. The molecule has 1 atom stereocenters. The van der Waals surface area contributed by atoms with Gasteiger partial charge in [0, 0.05) is 22.4 Å². The Balaban J connectivity index is 0.000000397. The number of aromatic nitrogens is 2. The van der Waals surface area contributed by atoms with E-state index in [1.165, 1.54) is 21.2 Å². The molecule has 1 aromatic heterocycles. The maximum atomic E-state index is 11.3. The molecule has 0 saturated carbocycles. The summed E-state index contributed by atoms with van der Waals surface area (Å²) in [6.07, 6.45) is 0. The maximum Gasteiger partial charge on any atom is 0.302 e. The van der Waals surface area contributed by atoms with Crippen LogP contribution in [0.15, 0.2) is 63.3 Å². The summed E-state index contributed by atoms with van der Waals surface area (Å²) in [4.78, 5) is 29.5. The van der Waals surface area contributed by atoms with E-state index in [0.717, 1.165) is 19.6 Å².